The Morgan fingerprint density at radius 3 is 1.10 bits per heavy atom. The van der Waals surface area contributed by atoms with Crippen molar-refractivity contribution in [1.82, 2.24) is 9.55 Å². The van der Waals surface area contributed by atoms with E-state index in [4.69, 9.17) is 4.42 Å². The molecule has 0 atom stereocenters. The van der Waals surface area contributed by atoms with Crippen molar-refractivity contribution in [2.24, 2.45) is 0 Å². The zero-order valence-corrected chi connectivity index (χ0v) is 44.9. The van der Waals surface area contributed by atoms with E-state index in [-0.39, 0.29) is 27.1 Å². The smallest absolute Gasteiger partial charge is 0.109 e. The van der Waals surface area contributed by atoms with E-state index in [1.54, 1.807) is 0 Å². The predicted molar refractivity (Wildman–Crippen MR) is 277 cm³/mol. The Hall–Kier alpha value is -3.72. The van der Waals surface area contributed by atoms with Crippen LogP contribution in [0.25, 0.3) is 0 Å². The molecular weight excluding hydrogens is 753 g/mol. The summed E-state index contributed by atoms with van der Waals surface area (Å²) in [6, 6.07) is 25.0. The molecule has 348 valence electrons. The molecule has 0 saturated heterocycles. The number of rotatable bonds is 5. The standard InChI is InChI=1S/C12H21N.C12H20O.2C12H18.C11H19N/c2*1-11(2,3)9-7-10(13-8-9)12(4,5)6;1-9(2)11-5-7-12(8-6-11)10(3)4;1-9(2)11-6-5-7-12(8-11)10(3)4;1-9(2)12-7-6-10(8-12)11(3,4)5/h7-8,13H,1-6H3;7-8H,1-6H3;2*5-10H,1-4H3;6-9H,1-5H3. The predicted octanol–water partition coefficient (Wildman–Crippen LogP) is 18.7. The number of hydrogen-bond donors (Lipinski definition) is 1. The molecule has 0 aliphatic rings. The first-order valence-electron chi connectivity index (χ1n) is 23.7. The maximum atomic E-state index is 5.56. The van der Waals surface area contributed by atoms with E-state index in [2.05, 4.69) is 268 Å². The van der Waals surface area contributed by atoms with Crippen molar-refractivity contribution in [3.05, 3.63) is 142 Å². The molecule has 3 heteroatoms. The van der Waals surface area contributed by atoms with Gasteiger partial charge in [0.1, 0.15) is 5.76 Å². The van der Waals surface area contributed by atoms with Gasteiger partial charge in [0.25, 0.3) is 0 Å². The highest BCUT2D eigenvalue weighted by Gasteiger charge is 2.23. The van der Waals surface area contributed by atoms with Crippen LogP contribution in [-0.2, 0) is 27.1 Å². The van der Waals surface area contributed by atoms with Crippen molar-refractivity contribution >= 4 is 0 Å². The fourth-order valence-corrected chi connectivity index (χ4v) is 6.10. The molecule has 0 aliphatic heterocycles. The van der Waals surface area contributed by atoms with Gasteiger partial charge in [0.15, 0.2) is 0 Å². The molecular formula is C59H96N2O. The summed E-state index contributed by atoms with van der Waals surface area (Å²) in [5, 5.41) is 0. The lowest BCUT2D eigenvalue weighted by Gasteiger charge is -2.18. The van der Waals surface area contributed by atoms with Crippen molar-refractivity contribution in [3.8, 4) is 0 Å². The molecule has 3 nitrogen and oxygen atoms in total. The lowest BCUT2D eigenvalue weighted by Crippen LogP contribution is -2.12. The van der Waals surface area contributed by atoms with Crippen LogP contribution in [0.5, 0.6) is 0 Å². The molecule has 5 aromatic rings. The van der Waals surface area contributed by atoms with Crippen LogP contribution < -0.4 is 0 Å². The van der Waals surface area contributed by atoms with Crippen molar-refractivity contribution in [1.29, 1.82) is 0 Å². The maximum Gasteiger partial charge on any atom is 0.109 e. The average Bonchev–Trinajstić information content (AvgIpc) is 3.94. The molecule has 0 spiro atoms. The van der Waals surface area contributed by atoms with Gasteiger partial charge in [0.05, 0.1) is 6.26 Å². The van der Waals surface area contributed by atoms with Crippen molar-refractivity contribution in [3.63, 3.8) is 0 Å². The third-order valence-electron chi connectivity index (χ3n) is 11.3. The van der Waals surface area contributed by atoms with Gasteiger partial charge in [0.2, 0.25) is 0 Å². The molecule has 0 radical (unpaired) electrons. The summed E-state index contributed by atoms with van der Waals surface area (Å²) < 4.78 is 7.81. The molecule has 0 unspecified atom stereocenters. The minimum atomic E-state index is 0.115. The van der Waals surface area contributed by atoms with Crippen molar-refractivity contribution < 1.29 is 4.42 Å². The van der Waals surface area contributed by atoms with Crippen LogP contribution in [0.1, 0.15) is 253 Å². The monoisotopic (exact) mass is 849 g/mol. The van der Waals surface area contributed by atoms with Gasteiger partial charge < -0.3 is 14.0 Å². The largest absolute Gasteiger partial charge is 0.468 e. The summed E-state index contributed by atoms with van der Waals surface area (Å²) >= 11 is 0. The Balaban J connectivity index is 0.000000388. The first-order valence-corrected chi connectivity index (χ1v) is 23.7. The lowest BCUT2D eigenvalue weighted by molar-refractivity contribution is 0.407. The van der Waals surface area contributed by atoms with Crippen molar-refractivity contribution in [2.75, 3.05) is 0 Å². The van der Waals surface area contributed by atoms with Crippen LogP contribution in [0.4, 0.5) is 0 Å². The second-order valence-electron chi connectivity index (χ2n) is 24.1. The summed E-state index contributed by atoms with van der Waals surface area (Å²) in [4.78, 5) is 3.35. The molecule has 3 aromatic heterocycles. The average molecular weight is 849 g/mol. The minimum Gasteiger partial charge on any atom is -0.468 e. The maximum absolute atomic E-state index is 5.56. The Bertz CT molecular complexity index is 1800. The normalized spacial score (nSPS) is 12.4. The van der Waals surface area contributed by atoms with E-state index in [0.29, 0.717) is 29.7 Å². The number of aromatic nitrogens is 2. The number of furan rings is 1. The fraction of sp³-hybridized carbons (Fsp3) is 0.593. The number of nitrogens with one attached hydrogen (secondary N) is 1. The van der Waals surface area contributed by atoms with Gasteiger partial charge in [0, 0.05) is 41.2 Å². The van der Waals surface area contributed by atoms with E-state index in [1.807, 2.05) is 6.26 Å². The van der Waals surface area contributed by atoms with Gasteiger partial charge in [-0.05, 0) is 111 Å². The van der Waals surface area contributed by atoms with Crippen LogP contribution in [-0.4, -0.2) is 9.55 Å². The summed E-state index contributed by atoms with van der Waals surface area (Å²) in [7, 11) is 0. The number of nitrogens with zero attached hydrogens (tertiary/aromatic N) is 1. The Morgan fingerprint density at radius 1 is 0.435 bits per heavy atom. The Labute approximate surface area is 384 Å². The van der Waals surface area contributed by atoms with Crippen LogP contribution in [0.2, 0.25) is 0 Å². The van der Waals surface area contributed by atoms with Gasteiger partial charge in [-0.2, -0.15) is 0 Å². The highest BCUT2D eigenvalue weighted by molar-refractivity contribution is 5.29. The van der Waals surface area contributed by atoms with Crippen LogP contribution in [0.15, 0.2) is 96.0 Å². The highest BCUT2D eigenvalue weighted by atomic mass is 16.3. The SMILES string of the molecule is CC(C)(C)c1c[nH]c(C(C)(C)C)c1.CC(C)(C)c1coc(C(C)(C)C)c1.CC(C)c1ccc(C(C)C)cc1.CC(C)c1cccc(C(C)C)c1.CC(C)n1ccc(C(C)(C)C)c1. The van der Waals surface area contributed by atoms with E-state index >= 15 is 0 Å². The molecule has 0 aliphatic carbocycles. The molecule has 0 saturated carbocycles. The van der Waals surface area contributed by atoms with Gasteiger partial charge >= 0.3 is 0 Å². The molecule has 0 bridgehead atoms. The molecule has 62 heavy (non-hydrogen) atoms. The summed E-state index contributed by atoms with van der Waals surface area (Å²) in [6.07, 6.45) is 8.40. The molecule has 5 rings (SSSR count). The van der Waals surface area contributed by atoms with Crippen LogP contribution in [0, 0.1) is 0 Å². The fourth-order valence-electron chi connectivity index (χ4n) is 6.10. The highest BCUT2D eigenvalue weighted by Crippen LogP contribution is 2.31. The second kappa shape index (κ2) is 23.3. The van der Waals surface area contributed by atoms with E-state index in [9.17, 15) is 0 Å². The molecule has 1 N–H and O–H groups in total. The summed E-state index contributed by atoms with van der Waals surface area (Å²) in [5.74, 6) is 3.64. The summed E-state index contributed by atoms with van der Waals surface area (Å²) in [6.45, 7) is 55.5. The topological polar surface area (TPSA) is 33.9 Å². The Kier molecular flexibility index (Phi) is 21.1. The lowest BCUT2D eigenvalue weighted by atomic mass is 9.86. The third kappa shape index (κ3) is 19.8. The zero-order chi connectivity index (χ0) is 48.2. The van der Waals surface area contributed by atoms with Crippen LogP contribution in [0.3, 0.4) is 0 Å². The quantitative estimate of drug-likeness (QED) is 0.188. The third-order valence-corrected chi connectivity index (χ3v) is 11.3. The van der Waals surface area contributed by atoms with Gasteiger partial charge in [-0.25, -0.2) is 0 Å². The van der Waals surface area contributed by atoms with E-state index < -0.39 is 0 Å². The number of aromatic amines is 1. The molecule has 3 heterocycles. The summed E-state index contributed by atoms with van der Waals surface area (Å²) in [5.41, 5.74) is 12.2. The Morgan fingerprint density at radius 2 is 0.855 bits per heavy atom. The van der Waals surface area contributed by atoms with Crippen LogP contribution >= 0.6 is 0 Å². The number of benzene rings is 2. The molecule has 0 fully saturated rings. The van der Waals surface area contributed by atoms with Gasteiger partial charge in [-0.15, -0.1) is 0 Å². The number of H-pyrrole nitrogens is 1. The second-order valence-corrected chi connectivity index (χ2v) is 24.1. The first-order chi connectivity index (χ1) is 28.0. The van der Waals surface area contributed by atoms with Gasteiger partial charge in [-0.1, -0.05) is 208 Å². The minimum absolute atomic E-state index is 0.115. The first kappa shape index (κ1) is 56.3. The number of hydrogen-bond acceptors (Lipinski definition) is 1. The van der Waals surface area contributed by atoms with Crippen molar-refractivity contribution in [2.45, 2.75) is 230 Å². The molecule has 0 amide bonds. The zero-order valence-electron chi connectivity index (χ0n) is 44.9. The van der Waals surface area contributed by atoms with E-state index in [1.165, 1.54) is 44.6 Å². The van der Waals surface area contributed by atoms with Gasteiger partial charge in [-0.3, -0.25) is 0 Å². The van der Waals surface area contributed by atoms with E-state index in [0.717, 1.165) is 5.76 Å². The molecule has 2 aromatic carbocycles.